The third-order valence-electron chi connectivity index (χ3n) is 19.6. The van der Waals surface area contributed by atoms with Crippen LogP contribution in [0.5, 0.6) is 0 Å². The number of Topliss-reactive ketones (excluding diaryl/α,β-unsaturated/α-hetero) is 3. The van der Waals surface area contributed by atoms with E-state index < -0.39 is 100 Å². The average molecular weight is 1110 g/mol. The minimum Gasteiger partial charge on any atom is -0.458 e. The average Bonchev–Trinajstić information content (AvgIpc) is 4.12. The van der Waals surface area contributed by atoms with Gasteiger partial charge in [-0.05, 0) is 110 Å². The van der Waals surface area contributed by atoms with Crippen molar-refractivity contribution in [3.63, 3.8) is 0 Å². The zero-order valence-corrected chi connectivity index (χ0v) is 50.5. The number of ether oxygens (including phenoxy) is 6. The van der Waals surface area contributed by atoms with Gasteiger partial charge in [-0.1, -0.05) is 69.2 Å². The number of aliphatic imine (C=N–C) groups is 1. The highest BCUT2D eigenvalue weighted by Gasteiger charge is 2.62. The number of ketones is 3. The lowest BCUT2D eigenvalue weighted by molar-refractivity contribution is -0.173. The molecule has 2 bridgehead atoms. The van der Waals surface area contributed by atoms with Gasteiger partial charge in [0.2, 0.25) is 0 Å². The van der Waals surface area contributed by atoms with Gasteiger partial charge in [0.25, 0.3) is 0 Å². The second-order valence-electron chi connectivity index (χ2n) is 24.5. The molecule has 2 aromatic rings. The number of esters is 2. The van der Waals surface area contributed by atoms with E-state index in [1.165, 1.54) is 0 Å². The quantitative estimate of drug-likeness (QED) is 0.0988. The van der Waals surface area contributed by atoms with Crippen molar-refractivity contribution in [1.29, 1.82) is 0 Å². The van der Waals surface area contributed by atoms with Crippen molar-refractivity contribution in [2.24, 2.45) is 64.2 Å². The molecule has 7 heterocycles. The van der Waals surface area contributed by atoms with Crippen LogP contribution in [-0.2, 0) is 58.9 Å². The Morgan fingerprint density at radius 3 is 1.66 bits per heavy atom. The fourth-order valence-electron chi connectivity index (χ4n) is 14.0. The van der Waals surface area contributed by atoms with E-state index >= 15 is 0 Å². The Bertz CT molecular complexity index is 2610. The second-order valence-corrected chi connectivity index (χ2v) is 24.5. The van der Waals surface area contributed by atoms with Crippen molar-refractivity contribution in [1.82, 2.24) is 24.3 Å². The first-order chi connectivity index (χ1) is 37.0. The van der Waals surface area contributed by atoms with Crippen LogP contribution in [0.2, 0.25) is 0 Å². The SMILES string of the molecule is CC[C@H]1OC(=O)[C@H](C)C(=O)[C@H](C)[C@@H](C)[C@](C)(OC)C[C@@H](C)C(=O)[C@H](C)[C@H]2N(CCCCn3cnc4cccnc43)C(=O)O[C@]12C.CC[C@H]1OC(=O)[C@H](C)C(=O)[C@H](C)[C@@H](C)[C@](C)(OC)C[C@@H](C)C2=NCCN3C(=O)O[C@@]1(C)[C@H]3[C@H]2C. The number of imidazole rings is 1. The van der Waals surface area contributed by atoms with Gasteiger partial charge in [0, 0.05) is 75.4 Å². The molecule has 19 nitrogen and oxygen atoms in total. The molecule has 0 aromatic carbocycles. The third kappa shape index (κ3) is 12.0. The summed E-state index contributed by atoms with van der Waals surface area (Å²) in [6.07, 6.45) is 4.25. The first-order valence-electron chi connectivity index (χ1n) is 28.9. The van der Waals surface area contributed by atoms with Gasteiger partial charge in [0.15, 0.2) is 16.8 Å². The number of cyclic esters (lactones) is 2. The maximum Gasteiger partial charge on any atom is 0.410 e. The fourth-order valence-corrected chi connectivity index (χ4v) is 14.0. The molecule has 19 heteroatoms. The van der Waals surface area contributed by atoms with E-state index in [-0.39, 0.29) is 47.1 Å². The van der Waals surface area contributed by atoms with Gasteiger partial charge in [-0.3, -0.25) is 33.9 Å². The third-order valence-corrected chi connectivity index (χ3v) is 19.6. The van der Waals surface area contributed by atoms with Gasteiger partial charge >= 0.3 is 24.1 Å². The number of methoxy groups -OCH3 is 2. The molecule has 2 aromatic heterocycles. The van der Waals surface area contributed by atoms with Crippen LogP contribution in [-0.4, -0.2) is 152 Å². The highest BCUT2D eigenvalue weighted by molar-refractivity contribution is 6.00. The fraction of sp³-hybridized carbons (Fsp3) is 0.767. The summed E-state index contributed by atoms with van der Waals surface area (Å²) in [5, 5.41) is 0. The number of pyridine rings is 1. The van der Waals surface area contributed by atoms with Crippen LogP contribution in [0.4, 0.5) is 9.59 Å². The van der Waals surface area contributed by atoms with E-state index in [1.807, 2.05) is 85.9 Å². The standard InChI is InChI=1S/C34H50N4O7.C26H42N2O6/c1-10-26-34(8)29(38(32(42)45-34)17-12-11-16-37-19-36-25-14-13-15-35-30(25)37)22(4)27(39)20(2)18-33(7,43-9)24(6)21(3)28(40)23(5)31(41)44-26;1-10-19-26(8)22-16(4)20(27-11-12-28(22)24(31)34-26)14(2)13-25(7,32-9)18(6)15(3)21(29)17(5)23(30)33-19/h13-15,19-24,26,29H,10-12,16-18H2,1-9H3;14-19,22H,10-13H2,1-9H3/t20-,21-,22+,23-,24-,26-,29-,33-,34-;14-,15-,16+,17-,18-,19-,22-,25-,26-/m11/s1. The Hall–Kier alpha value is -5.30. The van der Waals surface area contributed by atoms with Crippen molar-refractivity contribution in [3.05, 3.63) is 24.7 Å². The largest absolute Gasteiger partial charge is 0.458 e. The maximum atomic E-state index is 14.2. The van der Waals surface area contributed by atoms with Crippen LogP contribution < -0.4 is 0 Å². The molecule has 4 fully saturated rings. The predicted octanol–water partition coefficient (Wildman–Crippen LogP) is 9.14. The van der Waals surface area contributed by atoms with Gasteiger partial charge in [0.1, 0.15) is 46.9 Å². The minimum atomic E-state index is -1.31. The van der Waals surface area contributed by atoms with Crippen LogP contribution >= 0.6 is 0 Å². The monoisotopic (exact) mass is 1100 g/mol. The first-order valence-corrected chi connectivity index (χ1v) is 28.9. The van der Waals surface area contributed by atoms with Crippen molar-refractivity contribution < 1.29 is 62.0 Å². The molecule has 79 heavy (non-hydrogen) atoms. The number of carbonyl (C=O) groups is 7. The number of unbranched alkanes of at least 4 members (excludes halogenated alkanes) is 1. The van der Waals surface area contributed by atoms with E-state index in [1.54, 1.807) is 64.2 Å². The van der Waals surface area contributed by atoms with Crippen molar-refractivity contribution >= 4 is 58.4 Å². The summed E-state index contributed by atoms with van der Waals surface area (Å²) in [4.78, 5) is 111. The number of aromatic nitrogens is 3. The summed E-state index contributed by atoms with van der Waals surface area (Å²) in [6.45, 7) is 32.0. The molecule has 0 unspecified atom stereocenters. The van der Waals surface area contributed by atoms with E-state index in [2.05, 4.69) is 23.8 Å². The maximum absolute atomic E-state index is 14.2. The summed E-state index contributed by atoms with van der Waals surface area (Å²) in [5.41, 5.74) is -1.13. The zero-order valence-electron chi connectivity index (χ0n) is 50.5. The van der Waals surface area contributed by atoms with E-state index in [9.17, 15) is 33.6 Å². The molecule has 4 saturated heterocycles. The summed E-state index contributed by atoms with van der Waals surface area (Å²) in [5.74, 6) is -6.04. The molecule has 440 valence electrons. The Balaban J connectivity index is 0.000000265. The molecule has 0 aliphatic carbocycles. The van der Waals surface area contributed by atoms with Gasteiger partial charge in [-0.15, -0.1) is 0 Å². The number of carbonyl (C=O) groups excluding carboxylic acids is 7. The van der Waals surface area contributed by atoms with Crippen LogP contribution in [0.25, 0.3) is 11.2 Å². The number of nitrogens with zero attached hydrogens (tertiary/aromatic N) is 6. The number of rotatable bonds is 9. The number of hydrogen-bond acceptors (Lipinski definition) is 16. The molecule has 2 amide bonds. The topological polar surface area (TPSA) is 224 Å². The molecule has 0 saturated carbocycles. The normalized spacial score (nSPS) is 39.0. The lowest BCUT2D eigenvalue weighted by Gasteiger charge is -2.43. The van der Waals surface area contributed by atoms with Crippen molar-refractivity contribution in [2.75, 3.05) is 33.9 Å². The Morgan fingerprint density at radius 2 is 1.13 bits per heavy atom. The molecule has 0 radical (unpaired) electrons. The van der Waals surface area contributed by atoms with Crippen LogP contribution in [0.1, 0.15) is 149 Å². The van der Waals surface area contributed by atoms with E-state index in [4.69, 9.17) is 33.4 Å². The number of hydrogen-bond donors (Lipinski definition) is 0. The molecule has 0 N–H and O–H groups in total. The van der Waals surface area contributed by atoms with Gasteiger partial charge in [0.05, 0.1) is 36.2 Å². The van der Waals surface area contributed by atoms with Crippen LogP contribution in [0.3, 0.4) is 0 Å². The highest BCUT2D eigenvalue weighted by atomic mass is 16.6. The molecular weight excluding hydrogens is 1010 g/mol. The molecule has 5 aliphatic rings. The predicted molar refractivity (Wildman–Crippen MR) is 297 cm³/mol. The number of aryl methyl sites for hydroxylation is 1. The molecule has 5 aliphatic heterocycles. The summed E-state index contributed by atoms with van der Waals surface area (Å²) >= 11 is 0. The zero-order chi connectivity index (χ0) is 58.9. The first kappa shape index (κ1) is 62.9. The second kappa shape index (κ2) is 24.8. The molecular formula is C60H92N6O13. The Labute approximate surface area is 468 Å². The van der Waals surface area contributed by atoms with Crippen molar-refractivity contribution in [3.8, 4) is 0 Å². The van der Waals surface area contributed by atoms with Crippen LogP contribution in [0, 0.1) is 59.2 Å². The van der Waals surface area contributed by atoms with Crippen molar-refractivity contribution in [2.45, 2.75) is 203 Å². The van der Waals surface area contributed by atoms with Gasteiger partial charge in [-0.25, -0.2) is 19.6 Å². The van der Waals surface area contributed by atoms with E-state index in [0.29, 0.717) is 58.3 Å². The lowest BCUT2D eigenvalue weighted by Crippen LogP contribution is -2.58. The summed E-state index contributed by atoms with van der Waals surface area (Å²) in [7, 11) is 3.26. The summed E-state index contributed by atoms with van der Waals surface area (Å²) < 4.78 is 38.0. The Morgan fingerprint density at radius 1 is 0.620 bits per heavy atom. The van der Waals surface area contributed by atoms with E-state index in [0.717, 1.165) is 23.3 Å². The Kier molecular flexibility index (Phi) is 19.8. The van der Waals surface area contributed by atoms with Gasteiger partial charge in [-0.2, -0.15) is 0 Å². The number of fused-ring (bicyclic) bond motifs is 3. The molecule has 18 atom stereocenters. The smallest absolute Gasteiger partial charge is 0.410 e. The lowest BCUT2D eigenvalue weighted by atomic mass is 9.70. The van der Waals surface area contributed by atoms with Gasteiger partial charge < -0.3 is 37.9 Å². The minimum absolute atomic E-state index is 0.0356. The summed E-state index contributed by atoms with van der Waals surface area (Å²) in [6, 6.07) is 2.74. The van der Waals surface area contributed by atoms with Crippen LogP contribution in [0.15, 0.2) is 29.6 Å². The highest BCUT2D eigenvalue weighted by Crippen LogP contribution is 2.46. The molecule has 7 rings (SSSR count). The number of amides is 2. The molecule has 0 spiro atoms.